The van der Waals surface area contributed by atoms with E-state index in [-0.39, 0.29) is 29.8 Å². The Bertz CT molecular complexity index is 253. The summed E-state index contributed by atoms with van der Waals surface area (Å²) in [5.41, 5.74) is 0. The highest BCUT2D eigenvalue weighted by molar-refractivity contribution is 7.99. The number of nitrogens with zero attached hydrogens (tertiary/aromatic N) is 1. The van der Waals surface area contributed by atoms with Crippen LogP contribution in [0.15, 0.2) is 0 Å². The smallest absolute Gasteiger partial charge is 0.239 e. The number of nitrogens with one attached hydrogen (secondary N) is 1. The summed E-state index contributed by atoms with van der Waals surface area (Å²) in [7, 11) is 0. The standard InChI is InChI=1S/C13H26N2O2S/c1-10(12(9-16)18-3)14-11(2)13(17)15-7-5-4-6-8-15/h10-12,14,16H,4-9H2,1-3H3. The second-order valence-electron chi connectivity index (χ2n) is 5.02. The summed E-state index contributed by atoms with van der Waals surface area (Å²) in [4.78, 5) is 14.2. The largest absolute Gasteiger partial charge is 0.395 e. The summed E-state index contributed by atoms with van der Waals surface area (Å²) in [6.07, 6.45) is 5.47. The van der Waals surface area contributed by atoms with E-state index in [0.29, 0.717) is 0 Å². The van der Waals surface area contributed by atoms with Gasteiger partial charge in [0.25, 0.3) is 0 Å². The topological polar surface area (TPSA) is 52.6 Å². The number of carbonyl (C=O) groups is 1. The Kier molecular flexibility index (Phi) is 7.04. The molecule has 3 atom stereocenters. The Balaban J connectivity index is 2.43. The van der Waals surface area contributed by atoms with Crippen molar-refractivity contribution in [3.8, 4) is 0 Å². The number of carbonyl (C=O) groups excluding carboxylic acids is 1. The number of thioether (sulfide) groups is 1. The monoisotopic (exact) mass is 274 g/mol. The van der Waals surface area contributed by atoms with Crippen LogP contribution < -0.4 is 5.32 Å². The summed E-state index contributed by atoms with van der Waals surface area (Å²) in [6, 6.07) is -0.0342. The van der Waals surface area contributed by atoms with Crippen molar-refractivity contribution in [1.29, 1.82) is 0 Å². The summed E-state index contributed by atoms with van der Waals surface area (Å²) in [5.74, 6) is 0.194. The molecular weight excluding hydrogens is 248 g/mol. The van der Waals surface area contributed by atoms with E-state index in [9.17, 15) is 9.90 Å². The molecule has 0 aromatic carbocycles. The average Bonchev–Trinajstić information content (AvgIpc) is 2.40. The maximum atomic E-state index is 12.2. The maximum Gasteiger partial charge on any atom is 0.239 e. The van der Waals surface area contributed by atoms with E-state index >= 15 is 0 Å². The van der Waals surface area contributed by atoms with Crippen LogP contribution in [0, 0.1) is 0 Å². The Labute approximate surface area is 115 Å². The van der Waals surface area contributed by atoms with Crippen molar-refractivity contribution in [3.05, 3.63) is 0 Å². The first kappa shape index (κ1) is 15.8. The lowest BCUT2D eigenvalue weighted by Gasteiger charge is -2.31. The zero-order valence-electron chi connectivity index (χ0n) is 11.7. The summed E-state index contributed by atoms with van der Waals surface area (Å²) < 4.78 is 0. The molecule has 1 aliphatic heterocycles. The van der Waals surface area contributed by atoms with Crippen LogP contribution in [0.2, 0.25) is 0 Å². The highest BCUT2D eigenvalue weighted by Crippen LogP contribution is 2.13. The number of rotatable bonds is 6. The molecule has 1 aliphatic rings. The van der Waals surface area contributed by atoms with Gasteiger partial charge in [0.2, 0.25) is 5.91 Å². The van der Waals surface area contributed by atoms with Crippen LogP contribution in [0.5, 0.6) is 0 Å². The van der Waals surface area contributed by atoms with Crippen LogP contribution in [0.4, 0.5) is 0 Å². The number of amides is 1. The molecule has 3 unspecified atom stereocenters. The van der Waals surface area contributed by atoms with Gasteiger partial charge >= 0.3 is 0 Å². The molecule has 1 heterocycles. The van der Waals surface area contributed by atoms with Gasteiger partial charge in [0, 0.05) is 24.4 Å². The van der Waals surface area contributed by atoms with E-state index in [4.69, 9.17) is 0 Å². The number of aliphatic hydroxyl groups excluding tert-OH is 1. The highest BCUT2D eigenvalue weighted by atomic mass is 32.2. The van der Waals surface area contributed by atoms with Crippen molar-refractivity contribution in [2.75, 3.05) is 26.0 Å². The van der Waals surface area contributed by atoms with Crippen LogP contribution in [-0.2, 0) is 4.79 Å². The first-order chi connectivity index (χ1) is 8.60. The number of hydrogen-bond donors (Lipinski definition) is 2. The molecular formula is C13H26N2O2S. The quantitative estimate of drug-likeness (QED) is 0.761. The lowest BCUT2D eigenvalue weighted by Crippen LogP contribution is -2.51. The second kappa shape index (κ2) is 8.02. The van der Waals surface area contributed by atoms with Gasteiger partial charge in [-0.05, 0) is 39.4 Å². The fourth-order valence-corrected chi connectivity index (χ4v) is 3.03. The molecule has 0 aliphatic carbocycles. The molecule has 1 amide bonds. The van der Waals surface area contributed by atoms with Crippen molar-refractivity contribution < 1.29 is 9.90 Å². The predicted octanol–water partition coefficient (Wildman–Crippen LogP) is 1.09. The first-order valence-corrected chi connectivity index (χ1v) is 8.07. The molecule has 1 fully saturated rings. The summed E-state index contributed by atoms with van der Waals surface area (Å²) in [5, 5.41) is 12.7. The Morgan fingerprint density at radius 2 is 1.94 bits per heavy atom. The molecule has 0 aromatic heterocycles. The minimum atomic E-state index is -0.167. The fourth-order valence-electron chi connectivity index (χ4n) is 2.40. The van der Waals surface area contributed by atoms with Gasteiger partial charge in [-0.3, -0.25) is 4.79 Å². The van der Waals surface area contributed by atoms with Gasteiger partial charge in [0.05, 0.1) is 12.6 Å². The molecule has 106 valence electrons. The minimum Gasteiger partial charge on any atom is -0.395 e. The first-order valence-electron chi connectivity index (χ1n) is 6.78. The Morgan fingerprint density at radius 1 is 1.33 bits per heavy atom. The molecule has 5 heteroatoms. The van der Waals surface area contributed by atoms with E-state index in [2.05, 4.69) is 5.32 Å². The van der Waals surface area contributed by atoms with Crippen LogP contribution in [0.25, 0.3) is 0 Å². The van der Waals surface area contributed by atoms with Crippen LogP contribution >= 0.6 is 11.8 Å². The third-order valence-electron chi connectivity index (χ3n) is 3.59. The molecule has 4 nitrogen and oxygen atoms in total. The Hall–Kier alpha value is -0.260. The number of likely N-dealkylation sites (tertiary alicyclic amines) is 1. The zero-order chi connectivity index (χ0) is 13.5. The van der Waals surface area contributed by atoms with Gasteiger partial charge in [-0.25, -0.2) is 0 Å². The normalized spacial score (nSPS) is 21.4. The number of piperidine rings is 1. The van der Waals surface area contributed by atoms with E-state index in [1.165, 1.54) is 6.42 Å². The molecule has 0 bridgehead atoms. The van der Waals surface area contributed by atoms with Gasteiger partial charge in [-0.1, -0.05) is 0 Å². The third kappa shape index (κ3) is 4.44. The molecule has 0 radical (unpaired) electrons. The molecule has 0 aromatic rings. The van der Waals surface area contributed by atoms with Crippen molar-refractivity contribution in [2.24, 2.45) is 0 Å². The van der Waals surface area contributed by atoms with Gasteiger partial charge in [-0.2, -0.15) is 11.8 Å². The summed E-state index contributed by atoms with van der Waals surface area (Å²) in [6.45, 7) is 5.87. The van der Waals surface area contributed by atoms with Crippen LogP contribution in [0.1, 0.15) is 33.1 Å². The predicted molar refractivity (Wildman–Crippen MR) is 76.9 cm³/mol. The molecule has 1 saturated heterocycles. The molecule has 18 heavy (non-hydrogen) atoms. The van der Waals surface area contributed by atoms with Crippen molar-refractivity contribution in [2.45, 2.75) is 50.4 Å². The van der Waals surface area contributed by atoms with Gasteiger partial charge in [0.15, 0.2) is 0 Å². The van der Waals surface area contributed by atoms with E-state index in [1.54, 1.807) is 11.8 Å². The van der Waals surface area contributed by atoms with Crippen molar-refractivity contribution in [3.63, 3.8) is 0 Å². The minimum absolute atomic E-state index is 0.133. The number of hydrogen-bond acceptors (Lipinski definition) is 4. The molecule has 0 spiro atoms. The maximum absolute atomic E-state index is 12.2. The average molecular weight is 274 g/mol. The highest BCUT2D eigenvalue weighted by Gasteiger charge is 2.25. The Morgan fingerprint density at radius 3 is 2.44 bits per heavy atom. The van der Waals surface area contributed by atoms with E-state index < -0.39 is 0 Å². The molecule has 2 N–H and O–H groups in total. The molecule has 1 rings (SSSR count). The van der Waals surface area contributed by atoms with E-state index in [0.717, 1.165) is 25.9 Å². The third-order valence-corrected chi connectivity index (χ3v) is 4.75. The number of aliphatic hydroxyl groups is 1. The van der Waals surface area contributed by atoms with Crippen molar-refractivity contribution >= 4 is 17.7 Å². The van der Waals surface area contributed by atoms with E-state index in [1.807, 2.05) is 25.0 Å². The van der Waals surface area contributed by atoms with Crippen LogP contribution in [0.3, 0.4) is 0 Å². The summed E-state index contributed by atoms with van der Waals surface area (Å²) >= 11 is 1.63. The molecule has 0 saturated carbocycles. The second-order valence-corrected chi connectivity index (χ2v) is 6.10. The fraction of sp³-hybridized carbons (Fsp3) is 0.923. The van der Waals surface area contributed by atoms with Gasteiger partial charge in [-0.15, -0.1) is 0 Å². The lowest BCUT2D eigenvalue weighted by atomic mass is 10.1. The lowest BCUT2D eigenvalue weighted by molar-refractivity contribution is -0.134. The van der Waals surface area contributed by atoms with Crippen LogP contribution in [-0.4, -0.2) is 59.2 Å². The SMILES string of the molecule is CSC(CO)C(C)NC(C)C(=O)N1CCCCC1. The zero-order valence-corrected chi connectivity index (χ0v) is 12.5. The van der Waals surface area contributed by atoms with Gasteiger partial charge in [0.1, 0.15) is 0 Å². The van der Waals surface area contributed by atoms with Crippen molar-refractivity contribution in [1.82, 2.24) is 10.2 Å². The van der Waals surface area contributed by atoms with Gasteiger partial charge < -0.3 is 15.3 Å².